The van der Waals surface area contributed by atoms with Crippen molar-refractivity contribution in [1.82, 2.24) is 19.1 Å². The fraction of sp³-hybridized carbons (Fsp3) is 0.118. The first-order chi connectivity index (χ1) is 21.3. The summed E-state index contributed by atoms with van der Waals surface area (Å²) in [6.45, 7) is 7.92. The molecule has 0 spiro atoms. The van der Waals surface area contributed by atoms with Crippen LogP contribution in [0.2, 0.25) is 0 Å². The van der Waals surface area contributed by atoms with Crippen molar-refractivity contribution >= 4 is 46.0 Å². The zero-order chi connectivity index (χ0) is 31.0. The number of amides is 1. The van der Waals surface area contributed by atoms with Gasteiger partial charge in [0.1, 0.15) is 23.7 Å². The first kappa shape index (κ1) is 29.2. The van der Waals surface area contributed by atoms with E-state index in [0.29, 0.717) is 32.9 Å². The number of aryl methyl sites for hydroxylation is 1. The summed E-state index contributed by atoms with van der Waals surface area (Å²) in [5.41, 5.74) is 5.38. The Morgan fingerprint density at radius 3 is 2.32 bits per heavy atom. The SMILES string of the molecule is C=CCOc1ccc(-c2nn(-c3ccccc3)cc2C=C2SC(=S)N(c3c(C)n(C)n(-c4ccccc4)c3=O)C2=O)cc1C. The zero-order valence-corrected chi connectivity index (χ0v) is 26.1. The summed E-state index contributed by atoms with van der Waals surface area (Å²) >= 11 is 6.85. The Hall–Kier alpha value is -4.93. The Morgan fingerprint density at radius 2 is 1.66 bits per heavy atom. The lowest BCUT2D eigenvalue weighted by molar-refractivity contribution is -0.113. The van der Waals surface area contributed by atoms with Crippen LogP contribution in [0.4, 0.5) is 5.69 Å². The molecule has 8 nitrogen and oxygen atoms in total. The molecular formula is C34H29N5O3S2. The molecule has 1 saturated heterocycles. The maximum Gasteiger partial charge on any atom is 0.296 e. The molecule has 0 atom stereocenters. The van der Waals surface area contributed by atoms with Crippen LogP contribution >= 0.6 is 24.0 Å². The minimum absolute atomic E-state index is 0.244. The molecule has 0 unspecified atom stereocenters. The lowest BCUT2D eigenvalue weighted by Gasteiger charge is -2.12. The van der Waals surface area contributed by atoms with Gasteiger partial charge in [0.2, 0.25) is 0 Å². The molecular weight excluding hydrogens is 591 g/mol. The smallest absolute Gasteiger partial charge is 0.296 e. The normalized spacial score (nSPS) is 14.1. The van der Waals surface area contributed by atoms with Crippen LogP contribution in [0.15, 0.2) is 107 Å². The third kappa shape index (κ3) is 5.23. The van der Waals surface area contributed by atoms with E-state index in [1.54, 1.807) is 33.2 Å². The number of aromatic nitrogens is 4. The van der Waals surface area contributed by atoms with Gasteiger partial charge >= 0.3 is 0 Å². The Kier molecular flexibility index (Phi) is 7.94. The van der Waals surface area contributed by atoms with Gasteiger partial charge < -0.3 is 4.74 Å². The number of thioether (sulfide) groups is 1. The van der Waals surface area contributed by atoms with Gasteiger partial charge in [-0.05, 0) is 68.0 Å². The molecule has 2 aromatic heterocycles. The van der Waals surface area contributed by atoms with Gasteiger partial charge in [0.05, 0.1) is 22.0 Å². The molecule has 3 heterocycles. The Balaban J connectivity index is 1.42. The first-order valence-electron chi connectivity index (χ1n) is 13.9. The maximum atomic E-state index is 13.9. The number of ether oxygens (including phenoxy) is 1. The zero-order valence-electron chi connectivity index (χ0n) is 24.4. The monoisotopic (exact) mass is 619 g/mol. The molecule has 0 radical (unpaired) electrons. The summed E-state index contributed by atoms with van der Waals surface area (Å²) in [5, 5.41) is 4.92. The highest BCUT2D eigenvalue weighted by Crippen LogP contribution is 2.38. The summed E-state index contributed by atoms with van der Waals surface area (Å²) in [6.07, 6.45) is 5.40. The first-order valence-corrected chi connectivity index (χ1v) is 15.1. The van der Waals surface area contributed by atoms with Crippen LogP contribution in [0.25, 0.3) is 28.7 Å². The van der Waals surface area contributed by atoms with Crippen molar-refractivity contribution < 1.29 is 9.53 Å². The van der Waals surface area contributed by atoms with E-state index in [1.807, 2.05) is 98.9 Å². The highest BCUT2D eigenvalue weighted by atomic mass is 32.2. The molecule has 10 heteroatoms. The molecule has 1 aliphatic rings. The number of nitrogens with zero attached hydrogens (tertiary/aromatic N) is 5. The summed E-state index contributed by atoms with van der Waals surface area (Å²) in [7, 11) is 1.79. The van der Waals surface area contributed by atoms with Gasteiger partial charge in [0.15, 0.2) is 4.32 Å². The van der Waals surface area contributed by atoms with Crippen molar-refractivity contribution in [3.8, 4) is 28.4 Å². The van der Waals surface area contributed by atoms with Crippen LogP contribution in [0, 0.1) is 13.8 Å². The van der Waals surface area contributed by atoms with Crippen LogP contribution in [0.1, 0.15) is 16.8 Å². The van der Waals surface area contributed by atoms with Crippen LogP contribution in [0.3, 0.4) is 0 Å². The largest absolute Gasteiger partial charge is 0.489 e. The highest BCUT2D eigenvalue weighted by molar-refractivity contribution is 8.27. The van der Waals surface area contributed by atoms with E-state index >= 15 is 0 Å². The molecule has 6 rings (SSSR count). The summed E-state index contributed by atoms with van der Waals surface area (Å²) < 4.78 is 11.1. The number of benzene rings is 3. The standard InChI is InChI=1S/C34H29N5O3S2/c1-5-18-42-28-17-16-24(19-22(28)2)30-25(21-37(35-30)26-12-8-6-9-13-26)20-29-32(40)38(34(43)44-29)31-23(3)36(4)39(33(31)41)27-14-10-7-11-15-27/h5-17,19-21H,1,18H2,2-4H3. The van der Waals surface area contributed by atoms with Gasteiger partial charge in [-0.1, -0.05) is 73.0 Å². The van der Waals surface area contributed by atoms with E-state index < -0.39 is 0 Å². The van der Waals surface area contributed by atoms with Gasteiger partial charge in [-0.15, -0.1) is 0 Å². The molecule has 1 amide bonds. The third-order valence-corrected chi connectivity index (χ3v) is 8.70. The average Bonchev–Trinajstić information content (AvgIpc) is 3.64. The number of carbonyl (C=O) groups is 1. The molecule has 0 aliphatic carbocycles. The third-order valence-electron chi connectivity index (χ3n) is 7.40. The number of para-hydroxylation sites is 2. The lowest BCUT2D eigenvalue weighted by atomic mass is 10.0. The Labute approximate surface area is 264 Å². The second-order valence-corrected chi connectivity index (χ2v) is 11.9. The average molecular weight is 620 g/mol. The number of carbonyl (C=O) groups excluding carboxylic acids is 1. The summed E-state index contributed by atoms with van der Waals surface area (Å²) in [6, 6.07) is 25.0. The van der Waals surface area contributed by atoms with Crippen molar-refractivity contribution in [3.05, 3.63) is 130 Å². The van der Waals surface area contributed by atoms with E-state index in [0.717, 1.165) is 28.1 Å². The number of rotatable bonds is 8. The molecule has 0 N–H and O–H groups in total. The number of anilines is 1. The number of hydrogen-bond donors (Lipinski definition) is 0. The summed E-state index contributed by atoms with van der Waals surface area (Å²) in [5.74, 6) is 0.409. The molecule has 3 aromatic carbocycles. The quantitative estimate of drug-likeness (QED) is 0.111. The number of hydrogen-bond acceptors (Lipinski definition) is 6. The Bertz CT molecular complexity index is 2010. The lowest BCUT2D eigenvalue weighted by Crippen LogP contribution is -2.33. The van der Waals surface area contributed by atoms with Gasteiger partial charge in [-0.3, -0.25) is 19.2 Å². The van der Waals surface area contributed by atoms with E-state index in [1.165, 1.54) is 16.7 Å². The van der Waals surface area contributed by atoms with E-state index in [-0.39, 0.29) is 17.2 Å². The van der Waals surface area contributed by atoms with Crippen molar-refractivity contribution in [2.75, 3.05) is 11.5 Å². The second-order valence-electron chi connectivity index (χ2n) is 10.2. The van der Waals surface area contributed by atoms with Crippen LogP contribution < -0.4 is 15.2 Å². The predicted octanol–water partition coefficient (Wildman–Crippen LogP) is 6.62. The molecule has 0 bridgehead atoms. The van der Waals surface area contributed by atoms with Crippen molar-refractivity contribution in [2.24, 2.45) is 7.05 Å². The van der Waals surface area contributed by atoms with E-state index in [4.69, 9.17) is 22.1 Å². The van der Waals surface area contributed by atoms with Gasteiger partial charge in [0, 0.05) is 24.4 Å². The van der Waals surface area contributed by atoms with E-state index in [2.05, 4.69) is 6.58 Å². The minimum Gasteiger partial charge on any atom is -0.489 e. The molecule has 1 fully saturated rings. The van der Waals surface area contributed by atoms with Crippen molar-refractivity contribution in [3.63, 3.8) is 0 Å². The van der Waals surface area contributed by atoms with Gasteiger partial charge in [-0.2, -0.15) is 5.10 Å². The maximum absolute atomic E-state index is 13.9. The molecule has 1 aliphatic heterocycles. The van der Waals surface area contributed by atoms with Crippen molar-refractivity contribution in [2.45, 2.75) is 13.8 Å². The highest BCUT2D eigenvalue weighted by Gasteiger charge is 2.38. The topological polar surface area (TPSA) is 74.3 Å². The van der Waals surface area contributed by atoms with Gasteiger partial charge in [0.25, 0.3) is 11.5 Å². The van der Waals surface area contributed by atoms with Gasteiger partial charge in [-0.25, -0.2) is 9.36 Å². The molecule has 44 heavy (non-hydrogen) atoms. The fourth-order valence-electron chi connectivity index (χ4n) is 5.15. The van der Waals surface area contributed by atoms with Crippen LogP contribution in [-0.4, -0.2) is 36.0 Å². The van der Waals surface area contributed by atoms with Crippen molar-refractivity contribution in [1.29, 1.82) is 0 Å². The molecule has 0 saturated carbocycles. The predicted molar refractivity (Wildman–Crippen MR) is 181 cm³/mol. The molecule has 220 valence electrons. The second kappa shape index (κ2) is 12.0. The Morgan fingerprint density at radius 1 is 0.977 bits per heavy atom. The number of thiocarbonyl (C=S) groups is 1. The van der Waals surface area contributed by atoms with Crippen LogP contribution in [0.5, 0.6) is 5.75 Å². The fourth-order valence-corrected chi connectivity index (χ4v) is 6.41. The molecule has 5 aromatic rings. The minimum atomic E-state index is -0.353. The summed E-state index contributed by atoms with van der Waals surface area (Å²) in [4.78, 5) is 29.4. The van der Waals surface area contributed by atoms with Crippen LogP contribution in [-0.2, 0) is 11.8 Å². The van der Waals surface area contributed by atoms with E-state index in [9.17, 15) is 9.59 Å².